The molecule has 0 aromatic carbocycles. The molecule has 0 bridgehead atoms. The van der Waals surface area contributed by atoms with E-state index in [9.17, 15) is 4.39 Å². The zero-order valence-corrected chi connectivity index (χ0v) is 5.56. The van der Waals surface area contributed by atoms with Crippen molar-refractivity contribution in [3.63, 3.8) is 0 Å². The normalized spacial score (nSPS) is 9.67. The molecule has 9 heavy (non-hydrogen) atoms. The molecule has 1 aromatic heterocycles. The van der Waals surface area contributed by atoms with Gasteiger partial charge in [0.2, 0.25) is 0 Å². The number of hydrogen-bond acceptors (Lipinski definition) is 0. The number of pyridine rings is 1. The molecule has 0 atom stereocenters. The van der Waals surface area contributed by atoms with Gasteiger partial charge in [0.1, 0.15) is 12.9 Å². The first-order chi connectivity index (χ1) is 4.20. The minimum absolute atomic E-state index is 0.145. The van der Waals surface area contributed by atoms with Gasteiger partial charge in [0.15, 0.2) is 12.4 Å². The van der Waals surface area contributed by atoms with Crippen molar-refractivity contribution in [3.05, 3.63) is 29.8 Å². The minimum atomic E-state index is -0.145. The maximum atomic E-state index is 12.5. The van der Waals surface area contributed by atoms with Crippen LogP contribution in [0.5, 0.6) is 0 Å². The molecule has 1 rings (SSSR count). The number of aryl methyl sites for hydroxylation is 2. The van der Waals surface area contributed by atoms with Gasteiger partial charge in [-0.15, -0.1) is 0 Å². The molecule has 48 valence electrons. The van der Waals surface area contributed by atoms with Crippen LogP contribution in [-0.2, 0) is 7.05 Å². The number of nitrogens with zero attached hydrogens (tertiary/aromatic N) is 1. The van der Waals surface area contributed by atoms with Crippen LogP contribution in [0.25, 0.3) is 0 Å². The molecular weight excluding hydrogens is 117 g/mol. The molecule has 0 fully saturated rings. The summed E-state index contributed by atoms with van der Waals surface area (Å²) in [5.41, 5.74) is 0.681. The Kier molecular flexibility index (Phi) is 1.47. The van der Waals surface area contributed by atoms with E-state index in [1.807, 2.05) is 11.6 Å². The Labute approximate surface area is 53.8 Å². The van der Waals surface area contributed by atoms with Crippen molar-refractivity contribution in [3.8, 4) is 0 Å². The Hall–Kier alpha value is -0.920. The Morgan fingerprint density at radius 1 is 1.56 bits per heavy atom. The van der Waals surface area contributed by atoms with E-state index in [2.05, 4.69) is 0 Å². The highest BCUT2D eigenvalue weighted by Gasteiger charge is 1.98. The van der Waals surface area contributed by atoms with Gasteiger partial charge in [0.05, 0.1) is 0 Å². The lowest BCUT2D eigenvalue weighted by atomic mass is 10.3. The van der Waals surface area contributed by atoms with Crippen molar-refractivity contribution in [2.24, 2.45) is 7.05 Å². The second-order valence-electron chi connectivity index (χ2n) is 2.14. The van der Waals surface area contributed by atoms with Crippen LogP contribution in [-0.4, -0.2) is 0 Å². The molecule has 0 radical (unpaired) electrons. The molecule has 0 aliphatic rings. The van der Waals surface area contributed by atoms with E-state index < -0.39 is 0 Å². The standard InChI is InChI=1S/C7H9FN/c1-6-5-9(2)4-3-7(6)8/h3-5H,1-2H3/q+1. The highest BCUT2D eigenvalue weighted by atomic mass is 19.1. The molecule has 1 aromatic rings. The fourth-order valence-corrected chi connectivity index (χ4v) is 0.725. The molecule has 1 nitrogen and oxygen atoms in total. The smallest absolute Gasteiger partial charge is 0.174 e. The maximum Gasteiger partial charge on any atom is 0.174 e. The second-order valence-corrected chi connectivity index (χ2v) is 2.14. The molecule has 0 aliphatic carbocycles. The third kappa shape index (κ3) is 1.25. The second kappa shape index (κ2) is 2.13. The van der Waals surface area contributed by atoms with Crippen molar-refractivity contribution in [1.82, 2.24) is 0 Å². The number of rotatable bonds is 0. The van der Waals surface area contributed by atoms with E-state index in [0.29, 0.717) is 5.56 Å². The lowest BCUT2D eigenvalue weighted by molar-refractivity contribution is -0.672. The van der Waals surface area contributed by atoms with Crippen molar-refractivity contribution in [1.29, 1.82) is 0 Å². The Bertz CT molecular complexity index is 220. The fourth-order valence-electron chi connectivity index (χ4n) is 0.725. The first kappa shape index (κ1) is 6.20. The monoisotopic (exact) mass is 126 g/mol. The largest absolute Gasteiger partial charge is 0.207 e. The molecule has 0 spiro atoms. The summed E-state index contributed by atoms with van der Waals surface area (Å²) in [6.45, 7) is 1.75. The molecule has 0 aliphatic heterocycles. The van der Waals surface area contributed by atoms with E-state index in [1.54, 1.807) is 19.3 Å². The lowest BCUT2D eigenvalue weighted by Crippen LogP contribution is -2.27. The SMILES string of the molecule is Cc1c[n+](C)ccc1F. The zero-order valence-electron chi connectivity index (χ0n) is 5.56. The van der Waals surface area contributed by atoms with Crippen molar-refractivity contribution < 1.29 is 8.96 Å². The molecule has 0 saturated carbocycles. The predicted octanol–water partition coefficient (Wildman–Crippen LogP) is 0.959. The van der Waals surface area contributed by atoms with Gasteiger partial charge in [-0.2, -0.15) is 0 Å². The van der Waals surface area contributed by atoms with Gasteiger partial charge in [0.25, 0.3) is 0 Å². The van der Waals surface area contributed by atoms with Crippen LogP contribution in [0.15, 0.2) is 18.5 Å². The zero-order chi connectivity index (χ0) is 6.85. The molecule has 0 amide bonds. The topological polar surface area (TPSA) is 3.88 Å². The van der Waals surface area contributed by atoms with Crippen LogP contribution < -0.4 is 4.57 Å². The predicted molar refractivity (Wildman–Crippen MR) is 32.3 cm³/mol. The van der Waals surface area contributed by atoms with Crippen molar-refractivity contribution in [2.45, 2.75) is 6.92 Å². The lowest BCUT2D eigenvalue weighted by Gasteiger charge is -1.90. The summed E-state index contributed by atoms with van der Waals surface area (Å²) in [5.74, 6) is -0.145. The average Bonchev–Trinajstić information content (AvgIpc) is 1.80. The van der Waals surface area contributed by atoms with Gasteiger partial charge in [-0.05, 0) is 6.92 Å². The van der Waals surface area contributed by atoms with Gasteiger partial charge in [-0.25, -0.2) is 8.96 Å². The van der Waals surface area contributed by atoms with Crippen LogP contribution in [0.2, 0.25) is 0 Å². The molecule has 0 N–H and O–H groups in total. The van der Waals surface area contributed by atoms with Crippen LogP contribution in [0.1, 0.15) is 5.56 Å². The van der Waals surface area contributed by atoms with Crippen LogP contribution in [0.4, 0.5) is 4.39 Å². The van der Waals surface area contributed by atoms with E-state index in [4.69, 9.17) is 0 Å². The molecule has 0 saturated heterocycles. The van der Waals surface area contributed by atoms with E-state index >= 15 is 0 Å². The summed E-state index contributed by atoms with van der Waals surface area (Å²) in [6, 6.07) is 1.45. The van der Waals surface area contributed by atoms with E-state index in [-0.39, 0.29) is 5.82 Å². The van der Waals surface area contributed by atoms with Crippen LogP contribution >= 0.6 is 0 Å². The summed E-state index contributed by atoms with van der Waals surface area (Å²) in [7, 11) is 1.87. The summed E-state index contributed by atoms with van der Waals surface area (Å²) >= 11 is 0. The average molecular weight is 126 g/mol. The Balaban J connectivity index is 3.17. The highest BCUT2D eigenvalue weighted by molar-refractivity contribution is 5.05. The van der Waals surface area contributed by atoms with Gasteiger partial charge in [0, 0.05) is 11.6 Å². The summed E-state index contributed by atoms with van der Waals surface area (Å²) < 4.78 is 14.3. The van der Waals surface area contributed by atoms with Gasteiger partial charge in [-0.1, -0.05) is 0 Å². The summed E-state index contributed by atoms with van der Waals surface area (Å²) in [4.78, 5) is 0. The van der Waals surface area contributed by atoms with Gasteiger partial charge < -0.3 is 0 Å². The quantitative estimate of drug-likeness (QED) is 0.456. The van der Waals surface area contributed by atoms with E-state index in [0.717, 1.165) is 0 Å². The maximum absolute atomic E-state index is 12.5. The Morgan fingerprint density at radius 2 is 2.22 bits per heavy atom. The third-order valence-electron chi connectivity index (χ3n) is 1.23. The van der Waals surface area contributed by atoms with Crippen molar-refractivity contribution in [2.75, 3.05) is 0 Å². The van der Waals surface area contributed by atoms with Gasteiger partial charge in [-0.3, -0.25) is 0 Å². The highest BCUT2D eigenvalue weighted by Crippen LogP contribution is 1.98. The Morgan fingerprint density at radius 3 is 2.67 bits per heavy atom. The van der Waals surface area contributed by atoms with Crippen molar-refractivity contribution >= 4 is 0 Å². The summed E-state index contributed by atoms with van der Waals surface area (Å²) in [6.07, 6.45) is 3.43. The molecular formula is C7H9FN+. The van der Waals surface area contributed by atoms with Gasteiger partial charge >= 0.3 is 0 Å². The molecule has 2 heteroatoms. The minimum Gasteiger partial charge on any atom is -0.207 e. The first-order valence-corrected chi connectivity index (χ1v) is 2.81. The first-order valence-electron chi connectivity index (χ1n) is 2.81. The molecule has 0 unspecified atom stereocenters. The van der Waals surface area contributed by atoms with E-state index in [1.165, 1.54) is 6.07 Å². The van der Waals surface area contributed by atoms with Crippen LogP contribution in [0, 0.1) is 12.7 Å². The molecule has 1 heterocycles. The number of aromatic nitrogens is 1. The third-order valence-corrected chi connectivity index (χ3v) is 1.23. The fraction of sp³-hybridized carbons (Fsp3) is 0.286. The summed E-state index contributed by atoms with van der Waals surface area (Å²) in [5, 5.41) is 0. The van der Waals surface area contributed by atoms with Crippen LogP contribution in [0.3, 0.4) is 0 Å². The number of halogens is 1. The number of hydrogen-bond donors (Lipinski definition) is 0.